The Morgan fingerprint density at radius 2 is 1.94 bits per heavy atom. The minimum atomic E-state index is 0.329. The summed E-state index contributed by atoms with van der Waals surface area (Å²) in [6.45, 7) is 3.06. The Kier molecular flexibility index (Phi) is 3.30. The van der Waals surface area contributed by atoms with Crippen LogP contribution in [0, 0.1) is 0 Å². The van der Waals surface area contributed by atoms with E-state index in [-0.39, 0.29) is 0 Å². The second kappa shape index (κ2) is 4.88. The van der Waals surface area contributed by atoms with Crippen LogP contribution in [-0.2, 0) is 0 Å². The molecule has 0 saturated carbocycles. The zero-order chi connectivity index (χ0) is 11.4. The first-order valence-corrected chi connectivity index (χ1v) is 5.77. The van der Waals surface area contributed by atoms with Crippen molar-refractivity contribution >= 4 is 16.5 Å². The molecule has 0 bridgehead atoms. The minimum Gasteiger partial charge on any atom is -0.506 e. The molecule has 2 aromatic rings. The molecule has 0 aromatic heterocycles. The number of fused-ring (bicyclic) bond motifs is 1. The molecule has 0 heterocycles. The molecule has 0 aliphatic heterocycles. The largest absolute Gasteiger partial charge is 0.506 e. The number of rotatable bonds is 4. The van der Waals surface area contributed by atoms with Crippen molar-refractivity contribution in [2.75, 3.05) is 11.9 Å². The summed E-state index contributed by atoms with van der Waals surface area (Å²) in [6, 6.07) is 11.8. The van der Waals surface area contributed by atoms with E-state index < -0.39 is 0 Å². The maximum absolute atomic E-state index is 9.85. The summed E-state index contributed by atoms with van der Waals surface area (Å²) >= 11 is 0. The van der Waals surface area contributed by atoms with Gasteiger partial charge in [0.25, 0.3) is 0 Å². The highest BCUT2D eigenvalue weighted by Gasteiger charge is 2.05. The van der Waals surface area contributed by atoms with Gasteiger partial charge in [0.05, 0.1) is 5.69 Å². The molecule has 2 heteroatoms. The number of phenolic OH excluding ortho intramolecular Hbond substituents is 1. The van der Waals surface area contributed by atoms with E-state index in [1.807, 2.05) is 24.3 Å². The predicted molar refractivity (Wildman–Crippen MR) is 69.0 cm³/mol. The summed E-state index contributed by atoms with van der Waals surface area (Å²) in [6.07, 6.45) is 2.27. The maximum atomic E-state index is 9.85. The van der Waals surface area contributed by atoms with E-state index in [9.17, 15) is 5.11 Å². The second-order valence-electron chi connectivity index (χ2n) is 3.96. The van der Waals surface area contributed by atoms with Crippen molar-refractivity contribution in [3.8, 4) is 5.75 Å². The standard InChI is InChI=1S/C14H17NO/c1-2-3-10-15-14-12-7-5-4-6-11(12)8-9-13(14)16/h4-9,15-16H,2-3,10H2,1H3. The SMILES string of the molecule is CCCCNc1c(O)ccc2ccccc12. The second-order valence-corrected chi connectivity index (χ2v) is 3.96. The van der Waals surface area contributed by atoms with E-state index >= 15 is 0 Å². The number of hydrogen-bond acceptors (Lipinski definition) is 2. The molecular formula is C14H17NO. The van der Waals surface area contributed by atoms with Gasteiger partial charge in [-0.25, -0.2) is 0 Å². The van der Waals surface area contributed by atoms with Gasteiger partial charge in [-0.05, 0) is 17.9 Å². The Labute approximate surface area is 95.9 Å². The molecule has 0 atom stereocenters. The first-order valence-electron chi connectivity index (χ1n) is 5.77. The van der Waals surface area contributed by atoms with Crippen molar-refractivity contribution in [3.05, 3.63) is 36.4 Å². The van der Waals surface area contributed by atoms with Crippen molar-refractivity contribution in [2.45, 2.75) is 19.8 Å². The molecule has 0 saturated heterocycles. The van der Waals surface area contributed by atoms with E-state index in [0.29, 0.717) is 5.75 Å². The first kappa shape index (κ1) is 10.8. The fourth-order valence-corrected chi connectivity index (χ4v) is 1.84. The van der Waals surface area contributed by atoms with Gasteiger partial charge in [-0.1, -0.05) is 43.7 Å². The third kappa shape index (κ3) is 2.11. The average Bonchev–Trinajstić information content (AvgIpc) is 2.32. The maximum Gasteiger partial charge on any atom is 0.139 e. The molecule has 0 aliphatic carbocycles. The lowest BCUT2D eigenvalue weighted by atomic mass is 10.1. The molecule has 16 heavy (non-hydrogen) atoms. The van der Waals surface area contributed by atoms with Crippen LogP contribution in [0.5, 0.6) is 5.75 Å². The number of benzene rings is 2. The van der Waals surface area contributed by atoms with E-state index in [4.69, 9.17) is 0 Å². The highest BCUT2D eigenvalue weighted by Crippen LogP contribution is 2.32. The van der Waals surface area contributed by atoms with E-state index in [0.717, 1.165) is 35.8 Å². The van der Waals surface area contributed by atoms with Gasteiger partial charge in [0, 0.05) is 11.9 Å². The summed E-state index contributed by atoms with van der Waals surface area (Å²) in [7, 11) is 0. The van der Waals surface area contributed by atoms with Gasteiger partial charge in [-0.2, -0.15) is 0 Å². The van der Waals surface area contributed by atoms with Crippen LogP contribution in [0.25, 0.3) is 10.8 Å². The average molecular weight is 215 g/mol. The quantitative estimate of drug-likeness (QED) is 0.601. The lowest BCUT2D eigenvalue weighted by Gasteiger charge is -2.11. The Bertz CT molecular complexity index is 479. The fourth-order valence-electron chi connectivity index (χ4n) is 1.84. The number of anilines is 1. The summed E-state index contributed by atoms with van der Waals surface area (Å²) in [5.41, 5.74) is 0.853. The van der Waals surface area contributed by atoms with Crippen molar-refractivity contribution in [1.29, 1.82) is 0 Å². The van der Waals surface area contributed by atoms with E-state index in [1.165, 1.54) is 0 Å². The normalized spacial score (nSPS) is 10.6. The Balaban J connectivity index is 2.37. The number of unbranched alkanes of at least 4 members (excludes halogenated alkanes) is 1. The predicted octanol–water partition coefficient (Wildman–Crippen LogP) is 3.76. The van der Waals surface area contributed by atoms with Crippen molar-refractivity contribution in [1.82, 2.24) is 0 Å². The van der Waals surface area contributed by atoms with E-state index in [1.54, 1.807) is 6.07 Å². The van der Waals surface area contributed by atoms with Gasteiger partial charge in [-0.15, -0.1) is 0 Å². The van der Waals surface area contributed by atoms with Crippen molar-refractivity contribution in [3.63, 3.8) is 0 Å². The number of nitrogens with one attached hydrogen (secondary N) is 1. The molecule has 2 nitrogen and oxygen atoms in total. The highest BCUT2D eigenvalue weighted by atomic mass is 16.3. The first-order chi connectivity index (χ1) is 7.83. The van der Waals surface area contributed by atoms with Crippen LogP contribution < -0.4 is 5.32 Å². The van der Waals surface area contributed by atoms with Gasteiger partial charge < -0.3 is 10.4 Å². The van der Waals surface area contributed by atoms with Crippen molar-refractivity contribution in [2.24, 2.45) is 0 Å². The molecular weight excluding hydrogens is 198 g/mol. The molecule has 2 N–H and O–H groups in total. The Morgan fingerprint density at radius 3 is 2.75 bits per heavy atom. The molecule has 0 aliphatic rings. The molecule has 0 radical (unpaired) electrons. The molecule has 2 rings (SSSR count). The lowest BCUT2D eigenvalue weighted by molar-refractivity contribution is 0.478. The van der Waals surface area contributed by atoms with Crippen LogP contribution >= 0.6 is 0 Å². The summed E-state index contributed by atoms with van der Waals surface area (Å²) < 4.78 is 0. The molecule has 0 spiro atoms. The van der Waals surface area contributed by atoms with Crippen LogP contribution in [0.4, 0.5) is 5.69 Å². The van der Waals surface area contributed by atoms with Gasteiger partial charge >= 0.3 is 0 Å². The molecule has 2 aromatic carbocycles. The van der Waals surface area contributed by atoms with Gasteiger partial charge in [0.2, 0.25) is 0 Å². The van der Waals surface area contributed by atoms with Crippen LogP contribution in [0.15, 0.2) is 36.4 Å². The summed E-state index contributed by atoms with van der Waals surface area (Å²) in [4.78, 5) is 0. The number of hydrogen-bond donors (Lipinski definition) is 2. The third-order valence-corrected chi connectivity index (χ3v) is 2.74. The molecule has 0 fully saturated rings. The Morgan fingerprint density at radius 1 is 1.12 bits per heavy atom. The topological polar surface area (TPSA) is 32.3 Å². The Hall–Kier alpha value is -1.70. The highest BCUT2D eigenvalue weighted by molar-refractivity contribution is 5.96. The third-order valence-electron chi connectivity index (χ3n) is 2.74. The number of phenols is 1. The zero-order valence-corrected chi connectivity index (χ0v) is 9.53. The molecule has 0 amide bonds. The van der Waals surface area contributed by atoms with Crippen LogP contribution in [0.3, 0.4) is 0 Å². The van der Waals surface area contributed by atoms with Gasteiger partial charge in [0.1, 0.15) is 5.75 Å². The summed E-state index contributed by atoms with van der Waals surface area (Å²) in [5, 5.41) is 15.4. The fraction of sp³-hybridized carbons (Fsp3) is 0.286. The smallest absolute Gasteiger partial charge is 0.139 e. The van der Waals surface area contributed by atoms with Crippen LogP contribution in [-0.4, -0.2) is 11.7 Å². The summed E-state index contributed by atoms with van der Waals surface area (Å²) in [5.74, 6) is 0.329. The van der Waals surface area contributed by atoms with Crippen LogP contribution in [0.2, 0.25) is 0 Å². The minimum absolute atomic E-state index is 0.329. The van der Waals surface area contributed by atoms with E-state index in [2.05, 4.69) is 18.3 Å². The van der Waals surface area contributed by atoms with Gasteiger partial charge in [0.15, 0.2) is 0 Å². The monoisotopic (exact) mass is 215 g/mol. The lowest BCUT2D eigenvalue weighted by Crippen LogP contribution is -2.01. The zero-order valence-electron chi connectivity index (χ0n) is 9.53. The van der Waals surface area contributed by atoms with Gasteiger partial charge in [-0.3, -0.25) is 0 Å². The van der Waals surface area contributed by atoms with Crippen LogP contribution in [0.1, 0.15) is 19.8 Å². The van der Waals surface area contributed by atoms with Crippen molar-refractivity contribution < 1.29 is 5.11 Å². The molecule has 0 unspecified atom stereocenters. The number of aromatic hydroxyl groups is 1. The molecule has 84 valence electrons.